The van der Waals surface area contributed by atoms with E-state index in [9.17, 15) is 14.0 Å². The largest absolute Gasteiger partial charge is 0.342 e. The molecule has 1 fully saturated rings. The maximum absolute atomic E-state index is 14.2. The minimum absolute atomic E-state index is 0.103. The molecule has 0 unspecified atom stereocenters. The van der Waals surface area contributed by atoms with Gasteiger partial charge in [0.05, 0.1) is 11.9 Å². The van der Waals surface area contributed by atoms with E-state index in [0.717, 1.165) is 31.3 Å². The Hall–Kier alpha value is -3.55. The van der Waals surface area contributed by atoms with E-state index in [-0.39, 0.29) is 22.9 Å². The average Bonchev–Trinajstić information content (AvgIpc) is 2.76. The number of amides is 1. The predicted octanol–water partition coefficient (Wildman–Crippen LogP) is 3.32. The number of piperidine rings is 1. The van der Waals surface area contributed by atoms with E-state index in [1.54, 1.807) is 7.05 Å². The Morgan fingerprint density at radius 1 is 1.23 bits per heavy atom. The van der Waals surface area contributed by atoms with Crippen LogP contribution in [0.3, 0.4) is 0 Å². The summed E-state index contributed by atoms with van der Waals surface area (Å²) in [6.07, 6.45) is 4.57. The molecular formula is C23H24FN5O2. The molecule has 1 aliphatic rings. The third kappa shape index (κ3) is 4.47. The van der Waals surface area contributed by atoms with E-state index < -0.39 is 5.82 Å². The molecule has 1 saturated heterocycles. The molecule has 3 aromatic rings. The lowest BCUT2D eigenvalue weighted by Crippen LogP contribution is -2.38. The maximum atomic E-state index is 14.2. The van der Waals surface area contributed by atoms with Gasteiger partial charge in [-0.2, -0.15) is 0 Å². The molecule has 0 aliphatic carbocycles. The fourth-order valence-corrected chi connectivity index (χ4v) is 4.00. The Labute approximate surface area is 179 Å². The smallest absolute Gasteiger partial charge is 0.255 e. The van der Waals surface area contributed by atoms with Gasteiger partial charge < -0.3 is 10.2 Å². The highest BCUT2D eigenvalue weighted by molar-refractivity contribution is 5.88. The molecule has 1 aromatic carbocycles. The highest BCUT2D eigenvalue weighted by Gasteiger charge is 2.25. The monoisotopic (exact) mass is 421 g/mol. The van der Waals surface area contributed by atoms with Gasteiger partial charge in [-0.25, -0.2) is 9.37 Å². The predicted molar refractivity (Wildman–Crippen MR) is 118 cm³/mol. The Balaban J connectivity index is 1.62. The summed E-state index contributed by atoms with van der Waals surface area (Å²) in [5, 5.41) is 2.78. The summed E-state index contributed by atoms with van der Waals surface area (Å²) in [5.41, 5.74) is 2.26. The van der Waals surface area contributed by atoms with Gasteiger partial charge in [-0.15, -0.1) is 0 Å². The van der Waals surface area contributed by atoms with Crippen LogP contribution in [0.5, 0.6) is 0 Å². The van der Waals surface area contributed by atoms with Crippen LogP contribution in [-0.2, 0) is 11.8 Å². The number of hydrogen-bond donors (Lipinski definition) is 1. The lowest BCUT2D eigenvalue weighted by Gasteiger charge is -2.34. The Kier molecular flexibility index (Phi) is 5.79. The highest BCUT2D eigenvalue weighted by atomic mass is 19.1. The van der Waals surface area contributed by atoms with Crippen LogP contribution in [0.4, 0.5) is 16.0 Å². The molecule has 1 atom stereocenters. The molecule has 1 aliphatic heterocycles. The third-order valence-corrected chi connectivity index (χ3v) is 5.57. The third-order valence-electron chi connectivity index (χ3n) is 5.57. The van der Waals surface area contributed by atoms with Gasteiger partial charge in [-0.1, -0.05) is 12.1 Å². The zero-order valence-corrected chi connectivity index (χ0v) is 17.5. The van der Waals surface area contributed by atoms with Crippen molar-refractivity contribution in [2.24, 2.45) is 7.05 Å². The minimum Gasteiger partial charge on any atom is -0.342 e. The van der Waals surface area contributed by atoms with Crippen LogP contribution in [0.15, 0.2) is 53.6 Å². The summed E-state index contributed by atoms with van der Waals surface area (Å²) in [6, 6.07) is 10.7. The number of nitrogens with one attached hydrogen (secondary N) is 1. The topological polar surface area (TPSA) is 80.1 Å². The fourth-order valence-electron chi connectivity index (χ4n) is 4.00. The van der Waals surface area contributed by atoms with Gasteiger partial charge >= 0.3 is 0 Å². The lowest BCUT2D eigenvalue weighted by molar-refractivity contribution is -0.114. The van der Waals surface area contributed by atoms with Crippen LogP contribution >= 0.6 is 0 Å². The highest BCUT2D eigenvalue weighted by Crippen LogP contribution is 2.30. The number of pyridine rings is 1. The van der Waals surface area contributed by atoms with Crippen molar-refractivity contribution in [3.63, 3.8) is 0 Å². The molecule has 1 amide bonds. The second-order valence-electron chi connectivity index (χ2n) is 7.78. The van der Waals surface area contributed by atoms with Gasteiger partial charge in [0.2, 0.25) is 11.9 Å². The molecular weight excluding hydrogens is 397 g/mol. The fraction of sp³-hybridized carbons (Fsp3) is 0.304. The van der Waals surface area contributed by atoms with Crippen molar-refractivity contribution in [3.05, 3.63) is 70.5 Å². The molecule has 8 heteroatoms. The summed E-state index contributed by atoms with van der Waals surface area (Å²) in [6.45, 7) is 2.95. The summed E-state index contributed by atoms with van der Waals surface area (Å²) >= 11 is 0. The second kappa shape index (κ2) is 8.67. The van der Waals surface area contributed by atoms with Crippen molar-refractivity contribution in [2.75, 3.05) is 23.3 Å². The summed E-state index contributed by atoms with van der Waals surface area (Å²) < 4.78 is 15.7. The molecule has 0 bridgehead atoms. The number of anilines is 2. The second-order valence-corrected chi connectivity index (χ2v) is 7.78. The zero-order valence-electron chi connectivity index (χ0n) is 17.5. The van der Waals surface area contributed by atoms with Crippen molar-refractivity contribution in [2.45, 2.75) is 25.7 Å². The van der Waals surface area contributed by atoms with Gasteiger partial charge in [-0.05, 0) is 36.6 Å². The average molecular weight is 421 g/mol. The van der Waals surface area contributed by atoms with Gasteiger partial charge in [0, 0.05) is 56.5 Å². The van der Waals surface area contributed by atoms with Gasteiger partial charge in [0.15, 0.2) is 5.82 Å². The maximum Gasteiger partial charge on any atom is 0.255 e. The van der Waals surface area contributed by atoms with Crippen molar-refractivity contribution < 1.29 is 9.18 Å². The lowest BCUT2D eigenvalue weighted by atomic mass is 9.90. The van der Waals surface area contributed by atoms with Crippen LogP contribution in [0.25, 0.3) is 11.3 Å². The van der Waals surface area contributed by atoms with Gasteiger partial charge in [0.25, 0.3) is 5.56 Å². The molecule has 7 nitrogen and oxygen atoms in total. The molecule has 0 spiro atoms. The quantitative estimate of drug-likeness (QED) is 0.699. The normalized spacial score (nSPS) is 16.2. The van der Waals surface area contributed by atoms with Gasteiger partial charge in [0.1, 0.15) is 0 Å². The number of rotatable bonds is 4. The van der Waals surface area contributed by atoms with E-state index in [1.807, 2.05) is 24.3 Å². The minimum atomic E-state index is -0.509. The van der Waals surface area contributed by atoms with Crippen molar-refractivity contribution in [1.82, 2.24) is 14.5 Å². The molecule has 2 aromatic heterocycles. The molecule has 0 radical (unpaired) electrons. The molecule has 0 saturated carbocycles. The Bertz CT molecular complexity index is 1160. The number of halogens is 1. The molecule has 31 heavy (non-hydrogen) atoms. The first kappa shape index (κ1) is 20.7. The number of aromatic nitrogens is 3. The zero-order chi connectivity index (χ0) is 22.0. The van der Waals surface area contributed by atoms with Crippen LogP contribution in [0.1, 0.15) is 31.2 Å². The van der Waals surface area contributed by atoms with E-state index >= 15 is 0 Å². The molecule has 4 rings (SSSR count). The summed E-state index contributed by atoms with van der Waals surface area (Å²) in [4.78, 5) is 34.3. The van der Waals surface area contributed by atoms with Crippen LogP contribution in [0, 0.1) is 5.82 Å². The van der Waals surface area contributed by atoms with Crippen LogP contribution in [-0.4, -0.2) is 33.5 Å². The van der Waals surface area contributed by atoms with Crippen molar-refractivity contribution >= 4 is 17.5 Å². The summed E-state index contributed by atoms with van der Waals surface area (Å²) in [5.74, 6) is 0.177. The standard InChI is InChI=1S/C23H24FN5O2/c1-15(30)26-18-7-5-16(6-8-18)17-4-3-11-29(14-17)23-27-21(12-22(31)28(23)2)19-9-10-25-13-20(19)24/h5-10,12-13,17H,3-4,11,14H2,1-2H3,(H,26,30)/t17-/m1/s1. The van der Waals surface area contributed by atoms with Crippen molar-refractivity contribution in [3.8, 4) is 11.3 Å². The Morgan fingerprint density at radius 2 is 2.00 bits per heavy atom. The molecule has 1 N–H and O–H groups in total. The SMILES string of the molecule is CC(=O)Nc1ccc([C@@H]2CCCN(c3nc(-c4ccncc4F)cc(=O)n3C)C2)cc1. The number of carbonyl (C=O) groups is 1. The number of benzene rings is 1. The van der Waals surface area contributed by atoms with E-state index in [2.05, 4.69) is 20.2 Å². The first-order chi connectivity index (χ1) is 14.9. The molecule has 160 valence electrons. The van der Waals surface area contributed by atoms with Crippen LogP contribution in [0.2, 0.25) is 0 Å². The van der Waals surface area contributed by atoms with Crippen molar-refractivity contribution in [1.29, 1.82) is 0 Å². The summed E-state index contributed by atoms with van der Waals surface area (Å²) in [7, 11) is 1.68. The van der Waals surface area contributed by atoms with E-state index in [4.69, 9.17) is 0 Å². The van der Waals surface area contributed by atoms with E-state index in [0.29, 0.717) is 18.2 Å². The Morgan fingerprint density at radius 3 is 2.71 bits per heavy atom. The number of hydrogen-bond acceptors (Lipinski definition) is 5. The van der Waals surface area contributed by atoms with Gasteiger partial charge in [-0.3, -0.25) is 19.1 Å². The number of carbonyl (C=O) groups excluding carboxylic acids is 1. The number of nitrogens with zero attached hydrogens (tertiary/aromatic N) is 4. The molecule has 3 heterocycles. The van der Waals surface area contributed by atoms with E-state index in [1.165, 1.54) is 35.4 Å². The first-order valence-corrected chi connectivity index (χ1v) is 10.2. The van der Waals surface area contributed by atoms with Crippen LogP contribution < -0.4 is 15.8 Å². The first-order valence-electron chi connectivity index (χ1n) is 10.2.